The molecule has 0 aliphatic rings. The third-order valence-electron chi connectivity index (χ3n) is 4.63. The number of aryl methyl sites for hydroxylation is 1. The second-order valence-corrected chi connectivity index (χ2v) is 6.44. The summed E-state index contributed by atoms with van der Waals surface area (Å²) >= 11 is 0. The number of hydrogen-bond donors (Lipinski definition) is 1. The molecule has 0 bridgehead atoms. The molecule has 25 heavy (non-hydrogen) atoms. The molecule has 0 fully saturated rings. The molecule has 0 unspecified atom stereocenters. The number of H-pyrrole nitrogens is 1. The summed E-state index contributed by atoms with van der Waals surface area (Å²) in [5.74, 6) is 0. The Morgan fingerprint density at radius 1 is 0.800 bits per heavy atom. The van der Waals surface area contributed by atoms with E-state index in [-0.39, 0.29) is 0 Å². The van der Waals surface area contributed by atoms with E-state index in [1.54, 1.807) is 7.11 Å². The van der Waals surface area contributed by atoms with Gasteiger partial charge in [-0.1, -0.05) is 60.2 Å². The van der Waals surface area contributed by atoms with E-state index in [9.17, 15) is 0 Å². The predicted octanol–water partition coefficient (Wildman–Crippen LogP) is 5.96. The van der Waals surface area contributed by atoms with Gasteiger partial charge < -0.3 is 9.72 Å². The average molecular weight is 327 g/mol. The van der Waals surface area contributed by atoms with E-state index in [0.717, 1.165) is 11.4 Å². The molecule has 3 aromatic carbocycles. The van der Waals surface area contributed by atoms with E-state index in [2.05, 4.69) is 84.7 Å². The van der Waals surface area contributed by atoms with Crippen molar-refractivity contribution in [2.75, 3.05) is 7.11 Å². The quantitative estimate of drug-likeness (QED) is 0.492. The molecule has 1 N–H and O–H groups in total. The molecule has 4 rings (SSSR count). The lowest BCUT2D eigenvalue weighted by molar-refractivity contribution is 0.186. The summed E-state index contributed by atoms with van der Waals surface area (Å²) < 4.78 is 5.35. The SMILES string of the molecule is COCc1cccc2ccc(-c3ccc(-c4ccc(C)cc4)[nH]3)cc12. The van der Waals surface area contributed by atoms with Gasteiger partial charge in [-0.15, -0.1) is 0 Å². The van der Waals surface area contributed by atoms with Gasteiger partial charge in [0, 0.05) is 18.5 Å². The molecule has 1 heterocycles. The zero-order valence-corrected chi connectivity index (χ0v) is 14.5. The second-order valence-electron chi connectivity index (χ2n) is 6.44. The van der Waals surface area contributed by atoms with Crippen LogP contribution in [0.5, 0.6) is 0 Å². The number of fused-ring (bicyclic) bond motifs is 1. The molecule has 124 valence electrons. The van der Waals surface area contributed by atoms with Crippen LogP contribution >= 0.6 is 0 Å². The van der Waals surface area contributed by atoms with Crippen molar-refractivity contribution in [1.29, 1.82) is 0 Å². The lowest BCUT2D eigenvalue weighted by atomic mass is 10.0. The Hall–Kier alpha value is -2.84. The minimum absolute atomic E-state index is 0.625. The summed E-state index contributed by atoms with van der Waals surface area (Å²) in [5, 5.41) is 2.48. The second kappa shape index (κ2) is 6.58. The summed E-state index contributed by atoms with van der Waals surface area (Å²) in [6, 6.07) is 25.8. The molecule has 2 heteroatoms. The number of benzene rings is 3. The molecule has 0 saturated heterocycles. The van der Waals surface area contributed by atoms with Crippen LogP contribution in [-0.4, -0.2) is 12.1 Å². The highest BCUT2D eigenvalue weighted by atomic mass is 16.5. The smallest absolute Gasteiger partial charge is 0.0719 e. The van der Waals surface area contributed by atoms with Gasteiger partial charge in [0.25, 0.3) is 0 Å². The number of aromatic nitrogens is 1. The van der Waals surface area contributed by atoms with E-state index in [1.165, 1.54) is 33.0 Å². The summed E-state index contributed by atoms with van der Waals surface area (Å²) in [4.78, 5) is 3.55. The number of hydrogen-bond acceptors (Lipinski definition) is 1. The van der Waals surface area contributed by atoms with E-state index < -0.39 is 0 Å². The molecule has 2 nitrogen and oxygen atoms in total. The highest BCUT2D eigenvalue weighted by Crippen LogP contribution is 2.29. The van der Waals surface area contributed by atoms with Gasteiger partial charge in [0.05, 0.1) is 6.61 Å². The van der Waals surface area contributed by atoms with Crippen molar-refractivity contribution in [2.45, 2.75) is 13.5 Å². The largest absolute Gasteiger partial charge is 0.380 e. The molecular weight excluding hydrogens is 306 g/mol. The van der Waals surface area contributed by atoms with Crippen molar-refractivity contribution < 1.29 is 4.74 Å². The fraction of sp³-hybridized carbons (Fsp3) is 0.130. The number of rotatable bonds is 4. The minimum atomic E-state index is 0.625. The minimum Gasteiger partial charge on any atom is -0.380 e. The predicted molar refractivity (Wildman–Crippen MR) is 105 cm³/mol. The zero-order chi connectivity index (χ0) is 17.2. The van der Waals surface area contributed by atoms with Gasteiger partial charge in [0.1, 0.15) is 0 Å². The highest BCUT2D eigenvalue weighted by Gasteiger charge is 2.07. The summed E-state index contributed by atoms with van der Waals surface area (Å²) in [6.45, 7) is 2.73. The van der Waals surface area contributed by atoms with Crippen LogP contribution in [-0.2, 0) is 11.3 Å². The topological polar surface area (TPSA) is 25.0 Å². The first-order valence-corrected chi connectivity index (χ1v) is 8.51. The average Bonchev–Trinajstić information content (AvgIpc) is 3.13. The third-order valence-corrected chi connectivity index (χ3v) is 4.63. The number of aromatic amines is 1. The highest BCUT2D eigenvalue weighted by molar-refractivity contribution is 5.89. The lowest BCUT2D eigenvalue weighted by Gasteiger charge is -2.08. The normalized spacial score (nSPS) is 11.1. The van der Waals surface area contributed by atoms with Crippen LogP contribution in [0.2, 0.25) is 0 Å². The monoisotopic (exact) mass is 327 g/mol. The van der Waals surface area contributed by atoms with Crippen molar-refractivity contribution in [1.82, 2.24) is 4.98 Å². The molecule has 0 amide bonds. The lowest BCUT2D eigenvalue weighted by Crippen LogP contribution is -1.90. The maximum atomic E-state index is 5.35. The maximum absolute atomic E-state index is 5.35. The van der Waals surface area contributed by atoms with Crippen LogP contribution < -0.4 is 0 Å². The van der Waals surface area contributed by atoms with Crippen LogP contribution in [0.4, 0.5) is 0 Å². The van der Waals surface area contributed by atoms with E-state index in [0.29, 0.717) is 6.61 Å². The Kier molecular flexibility index (Phi) is 4.12. The number of ether oxygens (including phenoxy) is 1. The molecule has 0 aliphatic heterocycles. The Bertz CT molecular complexity index is 1010. The third kappa shape index (κ3) is 3.09. The van der Waals surface area contributed by atoms with Gasteiger partial charge in [-0.3, -0.25) is 0 Å². The molecular formula is C23H21NO. The van der Waals surface area contributed by atoms with Crippen LogP contribution in [0.15, 0.2) is 72.8 Å². The van der Waals surface area contributed by atoms with E-state index >= 15 is 0 Å². The standard InChI is InChI=1S/C23H21NO/c1-16-6-8-18(9-7-16)22-12-13-23(24-22)19-11-10-17-4-3-5-20(15-25-2)21(17)14-19/h3-14,24H,15H2,1-2H3. The van der Waals surface area contributed by atoms with Crippen LogP contribution in [0.25, 0.3) is 33.3 Å². The van der Waals surface area contributed by atoms with Crippen LogP contribution in [0.3, 0.4) is 0 Å². The Morgan fingerprint density at radius 2 is 1.52 bits per heavy atom. The summed E-state index contributed by atoms with van der Waals surface area (Å²) in [5.41, 5.74) is 7.15. The van der Waals surface area contributed by atoms with Crippen molar-refractivity contribution >= 4 is 10.8 Å². The molecule has 1 aromatic heterocycles. The fourth-order valence-corrected chi connectivity index (χ4v) is 3.25. The number of nitrogens with one attached hydrogen (secondary N) is 1. The first-order chi connectivity index (χ1) is 12.2. The van der Waals surface area contributed by atoms with E-state index in [1.807, 2.05) is 0 Å². The Labute approximate surface area is 148 Å². The molecule has 0 spiro atoms. The Morgan fingerprint density at radius 3 is 2.28 bits per heavy atom. The van der Waals surface area contributed by atoms with Crippen LogP contribution in [0.1, 0.15) is 11.1 Å². The maximum Gasteiger partial charge on any atom is 0.0719 e. The van der Waals surface area contributed by atoms with Crippen molar-refractivity contribution in [3.63, 3.8) is 0 Å². The molecule has 0 saturated carbocycles. The van der Waals surface area contributed by atoms with Gasteiger partial charge >= 0.3 is 0 Å². The van der Waals surface area contributed by atoms with Gasteiger partial charge in [-0.25, -0.2) is 0 Å². The van der Waals surface area contributed by atoms with Crippen molar-refractivity contribution in [3.8, 4) is 22.5 Å². The van der Waals surface area contributed by atoms with Gasteiger partial charge in [-0.05, 0) is 52.6 Å². The molecule has 0 atom stereocenters. The first-order valence-electron chi connectivity index (χ1n) is 8.51. The van der Waals surface area contributed by atoms with Crippen molar-refractivity contribution in [2.24, 2.45) is 0 Å². The van der Waals surface area contributed by atoms with Gasteiger partial charge in [0.2, 0.25) is 0 Å². The summed E-state index contributed by atoms with van der Waals surface area (Å²) in [6.07, 6.45) is 0. The van der Waals surface area contributed by atoms with Gasteiger partial charge in [-0.2, -0.15) is 0 Å². The van der Waals surface area contributed by atoms with Gasteiger partial charge in [0.15, 0.2) is 0 Å². The summed E-state index contributed by atoms with van der Waals surface area (Å²) in [7, 11) is 1.74. The Balaban J connectivity index is 1.75. The number of methoxy groups -OCH3 is 1. The first kappa shape index (κ1) is 15.7. The van der Waals surface area contributed by atoms with Crippen molar-refractivity contribution in [3.05, 3.63) is 83.9 Å². The molecule has 0 radical (unpaired) electrons. The fourth-order valence-electron chi connectivity index (χ4n) is 3.25. The zero-order valence-electron chi connectivity index (χ0n) is 14.5. The van der Waals surface area contributed by atoms with Crippen LogP contribution in [0, 0.1) is 6.92 Å². The van der Waals surface area contributed by atoms with E-state index in [4.69, 9.17) is 4.74 Å². The molecule has 4 aromatic rings. The molecule has 0 aliphatic carbocycles.